The quantitative estimate of drug-likeness (QED) is 0.717. The second-order valence-electron chi connectivity index (χ2n) is 4.10. The molecule has 3 heteroatoms. The van der Waals surface area contributed by atoms with Crippen LogP contribution in [0.3, 0.4) is 0 Å². The summed E-state index contributed by atoms with van der Waals surface area (Å²) in [5.74, 6) is 0.661. The first-order valence-corrected chi connectivity index (χ1v) is 4.99. The van der Waals surface area contributed by atoms with Crippen LogP contribution in [0.1, 0.15) is 27.2 Å². The number of carbonyl (C=O) groups is 1. The van der Waals surface area contributed by atoms with E-state index in [1.54, 1.807) is 0 Å². The van der Waals surface area contributed by atoms with E-state index < -0.39 is 0 Å². The molecule has 2 unspecified atom stereocenters. The lowest BCUT2D eigenvalue weighted by atomic mass is 9.97. The van der Waals surface area contributed by atoms with Gasteiger partial charge in [-0.15, -0.1) is 0 Å². The zero-order valence-electron chi connectivity index (χ0n) is 8.67. The van der Waals surface area contributed by atoms with Gasteiger partial charge in [-0.2, -0.15) is 0 Å². The van der Waals surface area contributed by atoms with Crippen LogP contribution in [0.15, 0.2) is 0 Å². The Morgan fingerprint density at radius 3 is 2.62 bits per heavy atom. The summed E-state index contributed by atoms with van der Waals surface area (Å²) >= 11 is 0. The summed E-state index contributed by atoms with van der Waals surface area (Å²) in [5, 5.41) is 3.00. The second kappa shape index (κ2) is 4.61. The van der Waals surface area contributed by atoms with Gasteiger partial charge in [0.05, 0.1) is 12.6 Å². The molecule has 0 aromatic rings. The Balaban J connectivity index is 2.31. The van der Waals surface area contributed by atoms with Crippen LogP contribution in [-0.4, -0.2) is 25.2 Å². The molecule has 0 spiro atoms. The topological polar surface area (TPSA) is 38.3 Å². The van der Waals surface area contributed by atoms with Gasteiger partial charge in [-0.25, -0.2) is 0 Å². The van der Waals surface area contributed by atoms with E-state index in [1.165, 1.54) is 0 Å². The average molecular weight is 185 g/mol. The van der Waals surface area contributed by atoms with Crippen molar-refractivity contribution in [3.05, 3.63) is 0 Å². The van der Waals surface area contributed by atoms with Gasteiger partial charge in [-0.1, -0.05) is 20.8 Å². The maximum Gasteiger partial charge on any atom is 0.223 e. The maximum absolute atomic E-state index is 11.6. The monoisotopic (exact) mass is 185 g/mol. The minimum Gasteiger partial charge on any atom is -0.379 e. The molecule has 1 N–H and O–H groups in total. The molecular formula is C10H19NO2. The van der Waals surface area contributed by atoms with E-state index in [4.69, 9.17) is 4.74 Å². The molecule has 0 aromatic heterocycles. The smallest absolute Gasteiger partial charge is 0.223 e. The van der Waals surface area contributed by atoms with Crippen LogP contribution >= 0.6 is 0 Å². The third-order valence-corrected chi connectivity index (χ3v) is 2.69. The van der Waals surface area contributed by atoms with E-state index in [0.717, 1.165) is 13.0 Å². The van der Waals surface area contributed by atoms with Crippen molar-refractivity contribution in [3.8, 4) is 0 Å². The summed E-state index contributed by atoms with van der Waals surface area (Å²) in [5.41, 5.74) is 0. The fraction of sp³-hybridized carbons (Fsp3) is 0.900. The van der Waals surface area contributed by atoms with E-state index in [1.807, 2.05) is 6.92 Å². The Hall–Kier alpha value is -0.570. The SMILES string of the molecule is CC(C)C(C)C(=O)NC1CCOC1. The number of nitrogens with one attached hydrogen (secondary N) is 1. The first kappa shape index (κ1) is 10.5. The predicted octanol–water partition coefficient (Wildman–Crippen LogP) is 1.18. The summed E-state index contributed by atoms with van der Waals surface area (Å²) in [6, 6.07) is 0.244. The molecule has 3 nitrogen and oxygen atoms in total. The molecule has 0 bridgehead atoms. The Bertz CT molecular complexity index is 174. The molecule has 1 saturated heterocycles. The summed E-state index contributed by atoms with van der Waals surface area (Å²) in [6.07, 6.45) is 0.955. The van der Waals surface area contributed by atoms with Crippen LogP contribution in [0.2, 0.25) is 0 Å². The summed E-state index contributed by atoms with van der Waals surface area (Å²) in [4.78, 5) is 11.6. The largest absolute Gasteiger partial charge is 0.379 e. The first-order chi connectivity index (χ1) is 6.11. The van der Waals surface area contributed by atoms with E-state index in [9.17, 15) is 4.79 Å². The standard InChI is InChI=1S/C10H19NO2/c1-7(2)8(3)10(12)11-9-4-5-13-6-9/h7-9H,4-6H2,1-3H3,(H,11,12). The van der Waals surface area contributed by atoms with Gasteiger partial charge in [-0.3, -0.25) is 4.79 Å². The number of carbonyl (C=O) groups excluding carboxylic acids is 1. The van der Waals surface area contributed by atoms with Gasteiger partial charge in [0, 0.05) is 12.5 Å². The average Bonchev–Trinajstić information content (AvgIpc) is 2.55. The van der Waals surface area contributed by atoms with Crippen molar-refractivity contribution in [1.82, 2.24) is 5.32 Å². The zero-order chi connectivity index (χ0) is 9.84. The predicted molar refractivity (Wildman–Crippen MR) is 51.4 cm³/mol. The van der Waals surface area contributed by atoms with Crippen molar-refractivity contribution in [3.63, 3.8) is 0 Å². The molecule has 1 rings (SSSR count). The zero-order valence-corrected chi connectivity index (χ0v) is 8.67. The number of hydrogen-bond donors (Lipinski definition) is 1. The van der Waals surface area contributed by atoms with Gasteiger partial charge < -0.3 is 10.1 Å². The van der Waals surface area contributed by atoms with Crippen molar-refractivity contribution >= 4 is 5.91 Å². The Morgan fingerprint density at radius 1 is 1.46 bits per heavy atom. The highest BCUT2D eigenvalue weighted by atomic mass is 16.5. The maximum atomic E-state index is 11.6. The van der Waals surface area contributed by atoms with Crippen LogP contribution in [0.25, 0.3) is 0 Å². The minimum atomic E-state index is 0.0978. The molecule has 1 amide bonds. The molecule has 1 aliphatic rings. The van der Waals surface area contributed by atoms with E-state index in [-0.39, 0.29) is 17.9 Å². The number of hydrogen-bond acceptors (Lipinski definition) is 2. The molecule has 76 valence electrons. The third-order valence-electron chi connectivity index (χ3n) is 2.69. The normalized spacial score (nSPS) is 24.8. The van der Waals surface area contributed by atoms with E-state index >= 15 is 0 Å². The highest BCUT2D eigenvalue weighted by molar-refractivity contribution is 5.78. The van der Waals surface area contributed by atoms with Crippen LogP contribution in [-0.2, 0) is 9.53 Å². The third kappa shape index (κ3) is 2.99. The van der Waals surface area contributed by atoms with Crippen molar-refractivity contribution in [2.24, 2.45) is 11.8 Å². The number of amides is 1. The highest BCUT2D eigenvalue weighted by Crippen LogP contribution is 2.11. The van der Waals surface area contributed by atoms with Gasteiger partial charge >= 0.3 is 0 Å². The van der Waals surface area contributed by atoms with Gasteiger partial charge in [-0.05, 0) is 12.3 Å². The molecule has 1 fully saturated rings. The Labute approximate surface area is 79.8 Å². The van der Waals surface area contributed by atoms with Gasteiger partial charge in [0.2, 0.25) is 5.91 Å². The first-order valence-electron chi connectivity index (χ1n) is 4.99. The Morgan fingerprint density at radius 2 is 2.15 bits per heavy atom. The molecule has 0 saturated carbocycles. The Kier molecular flexibility index (Phi) is 3.72. The number of rotatable bonds is 3. The minimum absolute atomic E-state index is 0.0978. The van der Waals surface area contributed by atoms with Gasteiger partial charge in [0.25, 0.3) is 0 Å². The van der Waals surface area contributed by atoms with Crippen LogP contribution in [0.5, 0.6) is 0 Å². The summed E-state index contributed by atoms with van der Waals surface area (Å²) in [6.45, 7) is 7.55. The van der Waals surface area contributed by atoms with Gasteiger partial charge in [0.15, 0.2) is 0 Å². The van der Waals surface area contributed by atoms with Crippen LogP contribution in [0, 0.1) is 11.8 Å². The molecule has 2 atom stereocenters. The molecule has 1 heterocycles. The van der Waals surface area contributed by atoms with Crippen molar-refractivity contribution < 1.29 is 9.53 Å². The fourth-order valence-electron chi connectivity index (χ4n) is 1.28. The van der Waals surface area contributed by atoms with E-state index in [2.05, 4.69) is 19.2 Å². The lowest BCUT2D eigenvalue weighted by Crippen LogP contribution is -2.39. The van der Waals surface area contributed by atoms with Crippen molar-refractivity contribution in [1.29, 1.82) is 0 Å². The van der Waals surface area contributed by atoms with Crippen LogP contribution < -0.4 is 5.32 Å². The lowest BCUT2D eigenvalue weighted by Gasteiger charge is -2.18. The number of ether oxygens (including phenoxy) is 1. The van der Waals surface area contributed by atoms with Gasteiger partial charge in [0.1, 0.15) is 0 Å². The lowest BCUT2D eigenvalue weighted by molar-refractivity contribution is -0.126. The second-order valence-corrected chi connectivity index (χ2v) is 4.10. The highest BCUT2D eigenvalue weighted by Gasteiger charge is 2.22. The van der Waals surface area contributed by atoms with Crippen molar-refractivity contribution in [2.45, 2.75) is 33.2 Å². The molecule has 0 aliphatic carbocycles. The summed E-state index contributed by atoms with van der Waals surface area (Å²) < 4.78 is 5.18. The van der Waals surface area contributed by atoms with E-state index in [0.29, 0.717) is 12.5 Å². The van der Waals surface area contributed by atoms with Crippen LogP contribution in [0.4, 0.5) is 0 Å². The summed E-state index contributed by atoms with van der Waals surface area (Å²) in [7, 11) is 0. The van der Waals surface area contributed by atoms with Crippen molar-refractivity contribution in [2.75, 3.05) is 13.2 Å². The fourth-order valence-corrected chi connectivity index (χ4v) is 1.28. The molecule has 13 heavy (non-hydrogen) atoms. The molecule has 0 aromatic carbocycles. The molecular weight excluding hydrogens is 166 g/mol. The molecule has 0 radical (unpaired) electrons. The molecule has 1 aliphatic heterocycles.